The molecule has 0 unspecified atom stereocenters. The molecule has 0 spiro atoms. The molecular weight excluding hydrogens is 222 g/mol. The topological polar surface area (TPSA) is 43.8 Å². The second-order valence-electron chi connectivity index (χ2n) is 4.85. The Morgan fingerprint density at radius 3 is 2.56 bits per heavy atom. The van der Waals surface area contributed by atoms with Crippen LogP contribution in [-0.2, 0) is 6.54 Å². The first-order chi connectivity index (χ1) is 8.72. The summed E-state index contributed by atoms with van der Waals surface area (Å²) in [4.78, 5) is 4.81. The van der Waals surface area contributed by atoms with E-state index in [9.17, 15) is 0 Å². The number of hydrogen-bond donors (Lipinski definition) is 1. The summed E-state index contributed by atoms with van der Waals surface area (Å²) >= 11 is 0. The normalized spacial score (nSPS) is 11.6. The number of nitrogens with zero attached hydrogens (tertiary/aromatic N) is 2. The monoisotopic (exact) mass is 245 g/mol. The van der Waals surface area contributed by atoms with Crippen LogP contribution in [0, 0.1) is 0 Å². The van der Waals surface area contributed by atoms with Crippen molar-refractivity contribution in [3.63, 3.8) is 0 Å². The lowest BCUT2D eigenvalue weighted by Crippen LogP contribution is -2.08. The molecule has 2 aromatic rings. The highest BCUT2D eigenvalue weighted by atomic mass is 15.1. The minimum atomic E-state index is 0.531. The Morgan fingerprint density at radius 1 is 1.22 bits per heavy atom. The van der Waals surface area contributed by atoms with Gasteiger partial charge in [0, 0.05) is 12.5 Å². The van der Waals surface area contributed by atoms with Crippen LogP contribution >= 0.6 is 0 Å². The first kappa shape index (κ1) is 12.9. The fraction of sp³-hybridized carbons (Fsp3) is 0.533. The van der Waals surface area contributed by atoms with Crippen LogP contribution in [0.1, 0.15) is 51.8 Å². The third-order valence-electron chi connectivity index (χ3n) is 3.64. The van der Waals surface area contributed by atoms with Gasteiger partial charge in [0.2, 0.25) is 0 Å². The summed E-state index contributed by atoms with van der Waals surface area (Å²) in [7, 11) is 0. The van der Waals surface area contributed by atoms with Crippen molar-refractivity contribution in [3.05, 3.63) is 24.0 Å². The average Bonchev–Trinajstić information content (AvgIpc) is 2.73. The van der Waals surface area contributed by atoms with Crippen LogP contribution in [0.5, 0.6) is 0 Å². The molecule has 0 saturated carbocycles. The molecule has 18 heavy (non-hydrogen) atoms. The van der Waals surface area contributed by atoms with Crippen LogP contribution in [-0.4, -0.2) is 9.55 Å². The number of aromatic nitrogens is 2. The Labute approximate surface area is 109 Å². The predicted octanol–water partition coefficient (Wildman–Crippen LogP) is 3.93. The number of nitrogen functional groups attached to an aromatic ring is 1. The van der Waals surface area contributed by atoms with Crippen LogP contribution < -0.4 is 5.73 Å². The van der Waals surface area contributed by atoms with E-state index in [4.69, 9.17) is 10.7 Å². The fourth-order valence-corrected chi connectivity index (χ4v) is 2.61. The summed E-state index contributed by atoms with van der Waals surface area (Å²) in [5.74, 6) is 1.73. The van der Waals surface area contributed by atoms with E-state index in [-0.39, 0.29) is 0 Å². The molecule has 0 radical (unpaired) electrons. The number of hydrogen-bond acceptors (Lipinski definition) is 2. The summed E-state index contributed by atoms with van der Waals surface area (Å²) < 4.78 is 2.35. The highest BCUT2D eigenvalue weighted by Crippen LogP contribution is 2.29. The lowest BCUT2D eigenvalue weighted by molar-refractivity contribution is 0.549. The van der Waals surface area contributed by atoms with Gasteiger partial charge in [0.1, 0.15) is 11.3 Å². The van der Waals surface area contributed by atoms with E-state index in [2.05, 4.69) is 31.4 Å². The highest BCUT2D eigenvalue weighted by molar-refractivity contribution is 5.87. The molecule has 3 heteroatoms. The van der Waals surface area contributed by atoms with Gasteiger partial charge in [-0.05, 0) is 31.4 Å². The number of rotatable bonds is 5. The van der Waals surface area contributed by atoms with Crippen LogP contribution in [0.3, 0.4) is 0 Å². The zero-order chi connectivity index (χ0) is 13.1. The number of anilines is 1. The van der Waals surface area contributed by atoms with Crippen LogP contribution in [0.2, 0.25) is 0 Å². The number of aryl methyl sites for hydroxylation is 1. The van der Waals surface area contributed by atoms with Crippen molar-refractivity contribution in [1.82, 2.24) is 9.55 Å². The molecule has 0 aliphatic rings. The van der Waals surface area contributed by atoms with Gasteiger partial charge >= 0.3 is 0 Å². The van der Waals surface area contributed by atoms with E-state index in [0.717, 1.165) is 37.0 Å². The van der Waals surface area contributed by atoms with E-state index >= 15 is 0 Å². The molecule has 2 N–H and O–H groups in total. The summed E-state index contributed by atoms with van der Waals surface area (Å²) in [5.41, 5.74) is 8.97. The minimum absolute atomic E-state index is 0.531. The third-order valence-corrected chi connectivity index (χ3v) is 3.64. The largest absolute Gasteiger partial charge is 0.397 e. The maximum atomic E-state index is 6.04. The summed E-state index contributed by atoms with van der Waals surface area (Å²) in [6.45, 7) is 7.68. The number of fused-ring (bicyclic) bond motifs is 1. The quantitative estimate of drug-likeness (QED) is 0.811. The second kappa shape index (κ2) is 5.42. The lowest BCUT2D eigenvalue weighted by atomic mass is 10.0. The van der Waals surface area contributed by atoms with Crippen LogP contribution in [0.15, 0.2) is 18.2 Å². The molecule has 1 aromatic carbocycles. The van der Waals surface area contributed by atoms with Crippen molar-refractivity contribution >= 4 is 16.7 Å². The summed E-state index contributed by atoms with van der Waals surface area (Å²) in [6, 6.07) is 6.07. The highest BCUT2D eigenvalue weighted by Gasteiger charge is 2.17. The summed E-state index contributed by atoms with van der Waals surface area (Å²) in [6.07, 6.45) is 3.38. The molecule has 0 aliphatic heterocycles. The van der Waals surface area contributed by atoms with Gasteiger partial charge in [-0.1, -0.05) is 26.8 Å². The van der Waals surface area contributed by atoms with Crippen LogP contribution in [0.4, 0.5) is 5.69 Å². The van der Waals surface area contributed by atoms with E-state index in [1.165, 1.54) is 11.3 Å². The van der Waals surface area contributed by atoms with Gasteiger partial charge in [-0.15, -0.1) is 0 Å². The summed E-state index contributed by atoms with van der Waals surface area (Å²) in [5, 5.41) is 0. The third kappa shape index (κ3) is 2.09. The Morgan fingerprint density at radius 2 is 1.94 bits per heavy atom. The molecule has 3 nitrogen and oxygen atoms in total. The van der Waals surface area contributed by atoms with Gasteiger partial charge in [0.05, 0.1) is 11.2 Å². The van der Waals surface area contributed by atoms with Crippen molar-refractivity contribution in [2.75, 3.05) is 5.73 Å². The fourth-order valence-electron chi connectivity index (χ4n) is 2.61. The Balaban J connectivity index is 2.64. The molecule has 0 bridgehead atoms. The Kier molecular flexibility index (Phi) is 3.90. The molecule has 1 heterocycles. The maximum absolute atomic E-state index is 6.04. The predicted molar refractivity (Wildman–Crippen MR) is 77.8 cm³/mol. The van der Waals surface area contributed by atoms with Crippen molar-refractivity contribution in [1.29, 1.82) is 0 Å². The van der Waals surface area contributed by atoms with Crippen molar-refractivity contribution in [2.24, 2.45) is 0 Å². The van der Waals surface area contributed by atoms with Crippen molar-refractivity contribution in [2.45, 2.75) is 52.5 Å². The zero-order valence-electron chi connectivity index (χ0n) is 11.6. The first-order valence-electron chi connectivity index (χ1n) is 6.97. The van der Waals surface area contributed by atoms with Gasteiger partial charge in [0.25, 0.3) is 0 Å². The van der Waals surface area contributed by atoms with Gasteiger partial charge in [-0.2, -0.15) is 0 Å². The Bertz CT molecular complexity index is 524. The number of para-hydroxylation sites is 1. The van der Waals surface area contributed by atoms with E-state index < -0.39 is 0 Å². The minimum Gasteiger partial charge on any atom is -0.397 e. The van der Waals surface area contributed by atoms with E-state index in [0.29, 0.717) is 5.92 Å². The second-order valence-corrected chi connectivity index (χ2v) is 4.85. The first-order valence-corrected chi connectivity index (χ1v) is 6.97. The number of nitrogens with two attached hydrogens (primary N) is 1. The molecule has 1 aromatic heterocycles. The van der Waals surface area contributed by atoms with Crippen molar-refractivity contribution in [3.8, 4) is 0 Å². The van der Waals surface area contributed by atoms with Gasteiger partial charge in [0.15, 0.2) is 0 Å². The molecule has 0 saturated heterocycles. The molecular formula is C15H23N3. The van der Waals surface area contributed by atoms with Crippen LogP contribution in [0.25, 0.3) is 11.0 Å². The van der Waals surface area contributed by atoms with Gasteiger partial charge in [-0.3, -0.25) is 0 Å². The van der Waals surface area contributed by atoms with E-state index in [1.54, 1.807) is 0 Å². The molecule has 98 valence electrons. The van der Waals surface area contributed by atoms with Gasteiger partial charge in [-0.25, -0.2) is 4.98 Å². The Hall–Kier alpha value is -1.51. The average molecular weight is 245 g/mol. The number of imidazole rings is 1. The zero-order valence-corrected chi connectivity index (χ0v) is 11.6. The van der Waals surface area contributed by atoms with Crippen molar-refractivity contribution < 1.29 is 0 Å². The van der Waals surface area contributed by atoms with Gasteiger partial charge < -0.3 is 10.3 Å². The molecule has 0 amide bonds. The molecule has 0 aliphatic carbocycles. The molecule has 0 fully saturated rings. The molecule has 2 rings (SSSR count). The SMILES string of the molecule is CCCn1c(C(CC)CC)nc2c(N)cccc21. The maximum Gasteiger partial charge on any atom is 0.113 e. The lowest BCUT2D eigenvalue weighted by Gasteiger charge is -2.14. The smallest absolute Gasteiger partial charge is 0.113 e. The van der Waals surface area contributed by atoms with E-state index in [1.807, 2.05) is 12.1 Å². The standard InChI is InChI=1S/C15H23N3/c1-4-10-18-13-9-7-8-12(16)14(13)17-15(18)11(5-2)6-3/h7-9,11H,4-6,10,16H2,1-3H3. The number of benzene rings is 1. The molecule has 0 atom stereocenters.